The van der Waals surface area contributed by atoms with E-state index in [9.17, 15) is 0 Å². The molecule has 0 aliphatic rings. The largest absolute Gasteiger partial charge is 0.316 e. The summed E-state index contributed by atoms with van der Waals surface area (Å²) in [5.74, 6) is 0. The molecule has 2 N–H and O–H groups in total. The third kappa shape index (κ3) is 5.51. The van der Waals surface area contributed by atoms with Gasteiger partial charge in [-0.05, 0) is 45.4 Å². The van der Waals surface area contributed by atoms with Gasteiger partial charge in [0, 0.05) is 0 Å². The molecule has 21 heavy (non-hydrogen) atoms. The molecule has 0 amide bonds. The Bertz CT molecular complexity index is 219. The molecule has 0 rings (SSSR count). The standard InChI is InChI=1S/C17H40N4/c1-8-15(18)21(16(9-2)19(11-4)12-5)17(10-3)20(13-6)14-7/h15-17H,8-14,18H2,1-7H3. The predicted octanol–water partition coefficient (Wildman–Crippen LogP) is 3.14. The van der Waals surface area contributed by atoms with Gasteiger partial charge in [0.2, 0.25) is 0 Å². The first kappa shape index (κ1) is 20.8. The van der Waals surface area contributed by atoms with Gasteiger partial charge in [-0.25, -0.2) is 0 Å². The SMILES string of the molecule is CCC(N)N(C(CC)N(CC)CC)C(CC)N(CC)CC. The van der Waals surface area contributed by atoms with Gasteiger partial charge in [-0.3, -0.25) is 14.7 Å². The maximum absolute atomic E-state index is 6.54. The van der Waals surface area contributed by atoms with Crippen molar-refractivity contribution in [2.24, 2.45) is 5.73 Å². The van der Waals surface area contributed by atoms with Crippen molar-refractivity contribution in [1.29, 1.82) is 0 Å². The Hall–Kier alpha value is -0.160. The summed E-state index contributed by atoms with van der Waals surface area (Å²) in [4.78, 5) is 7.66. The zero-order valence-electron chi connectivity index (χ0n) is 15.6. The molecule has 0 bridgehead atoms. The lowest BCUT2D eigenvalue weighted by atomic mass is 10.1. The third-order valence-electron chi connectivity index (χ3n) is 4.69. The summed E-state index contributed by atoms with van der Waals surface area (Å²) >= 11 is 0. The Labute approximate surface area is 133 Å². The quantitative estimate of drug-likeness (QED) is 0.562. The fourth-order valence-corrected chi connectivity index (χ4v) is 3.46. The van der Waals surface area contributed by atoms with Crippen LogP contribution in [0.5, 0.6) is 0 Å². The highest BCUT2D eigenvalue weighted by Gasteiger charge is 2.33. The van der Waals surface area contributed by atoms with Crippen LogP contribution < -0.4 is 5.73 Å². The van der Waals surface area contributed by atoms with Crippen molar-refractivity contribution in [3.05, 3.63) is 0 Å². The summed E-state index contributed by atoms with van der Waals surface area (Å²) in [6.45, 7) is 20.1. The molecule has 0 aliphatic carbocycles. The Balaban J connectivity index is 5.49. The lowest BCUT2D eigenvalue weighted by Crippen LogP contribution is -2.63. The molecule has 0 aromatic heterocycles. The first-order chi connectivity index (χ1) is 10.1. The second-order valence-corrected chi connectivity index (χ2v) is 5.64. The second-order valence-electron chi connectivity index (χ2n) is 5.64. The number of hydrogen-bond acceptors (Lipinski definition) is 4. The van der Waals surface area contributed by atoms with E-state index in [4.69, 9.17) is 5.73 Å². The molecular formula is C17H40N4. The van der Waals surface area contributed by atoms with E-state index >= 15 is 0 Å². The fourth-order valence-electron chi connectivity index (χ4n) is 3.46. The van der Waals surface area contributed by atoms with E-state index in [1.54, 1.807) is 0 Å². The molecule has 0 spiro atoms. The van der Waals surface area contributed by atoms with Crippen LogP contribution in [0.25, 0.3) is 0 Å². The monoisotopic (exact) mass is 300 g/mol. The smallest absolute Gasteiger partial charge is 0.0647 e. The van der Waals surface area contributed by atoms with E-state index in [0.29, 0.717) is 12.3 Å². The summed E-state index contributed by atoms with van der Waals surface area (Å²) in [5.41, 5.74) is 6.54. The van der Waals surface area contributed by atoms with E-state index in [1.165, 1.54) is 0 Å². The summed E-state index contributed by atoms with van der Waals surface area (Å²) in [7, 11) is 0. The van der Waals surface area contributed by atoms with E-state index in [0.717, 1.165) is 45.4 Å². The van der Waals surface area contributed by atoms with Gasteiger partial charge in [0.15, 0.2) is 0 Å². The molecule has 0 aliphatic heterocycles. The number of hydrogen-bond donors (Lipinski definition) is 1. The van der Waals surface area contributed by atoms with Crippen molar-refractivity contribution in [2.45, 2.75) is 86.2 Å². The molecule has 0 fully saturated rings. The zero-order chi connectivity index (χ0) is 16.4. The Morgan fingerprint density at radius 1 is 0.619 bits per heavy atom. The molecular weight excluding hydrogens is 260 g/mol. The van der Waals surface area contributed by atoms with Gasteiger partial charge in [-0.15, -0.1) is 0 Å². The highest BCUT2D eigenvalue weighted by molar-refractivity contribution is 4.82. The van der Waals surface area contributed by atoms with E-state index in [1.807, 2.05) is 0 Å². The first-order valence-electron chi connectivity index (χ1n) is 9.06. The van der Waals surface area contributed by atoms with Crippen LogP contribution >= 0.6 is 0 Å². The summed E-state index contributed by atoms with van der Waals surface area (Å²) < 4.78 is 0. The van der Waals surface area contributed by atoms with E-state index in [2.05, 4.69) is 63.2 Å². The van der Waals surface area contributed by atoms with Gasteiger partial charge >= 0.3 is 0 Å². The predicted molar refractivity (Wildman–Crippen MR) is 94.1 cm³/mol. The Kier molecular flexibility index (Phi) is 11.3. The van der Waals surface area contributed by atoms with Crippen molar-refractivity contribution in [3.63, 3.8) is 0 Å². The van der Waals surface area contributed by atoms with E-state index < -0.39 is 0 Å². The van der Waals surface area contributed by atoms with Gasteiger partial charge in [-0.2, -0.15) is 0 Å². The molecule has 0 aromatic rings. The summed E-state index contributed by atoms with van der Waals surface area (Å²) in [5, 5.41) is 0. The molecule has 0 saturated heterocycles. The lowest BCUT2D eigenvalue weighted by molar-refractivity contribution is -0.0735. The maximum atomic E-state index is 6.54. The van der Waals surface area contributed by atoms with Gasteiger partial charge < -0.3 is 5.73 Å². The van der Waals surface area contributed by atoms with Crippen molar-refractivity contribution in [3.8, 4) is 0 Å². The number of nitrogens with zero attached hydrogens (tertiary/aromatic N) is 3. The molecule has 0 heterocycles. The highest BCUT2D eigenvalue weighted by Crippen LogP contribution is 2.21. The Morgan fingerprint density at radius 3 is 1.14 bits per heavy atom. The molecule has 4 nitrogen and oxygen atoms in total. The van der Waals surface area contributed by atoms with Gasteiger partial charge in [-0.1, -0.05) is 48.5 Å². The van der Waals surface area contributed by atoms with Crippen LogP contribution in [-0.2, 0) is 0 Å². The average Bonchev–Trinajstić information content (AvgIpc) is 2.53. The molecule has 3 atom stereocenters. The topological polar surface area (TPSA) is 35.7 Å². The number of nitrogens with two attached hydrogens (primary N) is 1. The normalized spacial score (nSPS) is 16.7. The third-order valence-corrected chi connectivity index (χ3v) is 4.69. The van der Waals surface area contributed by atoms with Crippen LogP contribution in [0.2, 0.25) is 0 Å². The molecule has 0 aromatic carbocycles. The van der Waals surface area contributed by atoms with Gasteiger partial charge in [0.05, 0.1) is 18.5 Å². The summed E-state index contributed by atoms with van der Waals surface area (Å²) in [6.07, 6.45) is 4.22. The van der Waals surface area contributed by atoms with Crippen molar-refractivity contribution in [1.82, 2.24) is 14.7 Å². The fraction of sp³-hybridized carbons (Fsp3) is 1.00. The van der Waals surface area contributed by atoms with Crippen LogP contribution in [0.1, 0.15) is 67.7 Å². The van der Waals surface area contributed by atoms with Crippen LogP contribution in [0.4, 0.5) is 0 Å². The van der Waals surface area contributed by atoms with Crippen molar-refractivity contribution < 1.29 is 0 Å². The minimum atomic E-state index is 0.126. The van der Waals surface area contributed by atoms with Crippen LogP contribution in [-0.4, -0.2) is 59.4 Å². The second kappa shape index (κ2) is 11.4. The maximum Gasteiger partial charge on any atom is 0.0647 e. The average molecular weight is 301 g/mol. The lowest BCUT2D eigenvalue weighted by Gasteiger charge is -2.48. The zero-order valence-corrected chi connectivity index (χ0v) is 15.6. The van der Waals surface area contributed by atoms with Gasteiger partial charge in [0.1, 0.15) is 0 Å². The summed E-state index contributed by atoms with van der Waals surface area (Å²) in [6, 6.07) is 0. The minimum absolute atomic E-state index is 0.126. The Morgan fingerprint density at radius 2 is 0.952 bits per heavy atom. The van der Waals surface area contributed by atoms with Crippen molar-refractivity contribution in [2.75, 3.05) is 26.2 Å². The molecule has 0 saturated carbocycles. The van der Waals surface area contributed by atoms with Crippen molar-refractivity contribution >= 4 is 0 Å². The molecule has 3 unspecified atom stereocenters. The highest BCUT2D eigenvalue weighted by atomic mass is 15.5. The van der Waals surface area contributed by atoms with Crippen LogP contribution in [0, 0.1) is 0 Å². The van der Waals surface area contributed by atoms with E-state index in [-0.39, 0.29) is 6.17 Å². The number of rotatable bonds is 12. The van der Waals surface area contributed by atoms with Crippen LogP contribution in [0.15, 0.2) is 0 Å². The van der Waals surface area contributed by atoms with Crippen LogP contribution in [0.3, 0.4) is 0 Å². The molecule has 0 radical (unpaired) electrons. The molecule has 4 heteroatoms. The molecule has 128 valence electrons. The minimum Gasteiger partial charge on any atom is -0.316 e. The van der Waals surface area contributed by atoms with Gasteiger partial charge in [0.25, 0.3) is 0 Å². The first-order valence-corrected chi connectivity index (χ1v) is 9.06.